The number of anilines is 2. The SMILES string of the molecule is O=C(O)N1CCC(N(c2ccccc2)c2ccccc2Sc2ccc(Cl)cc2)CC1CCCN(Cc1ccccc1)Cc1ccccc1. The Kier molecular flexibility index (Phi) is 11.7. The van der Waals surface area contributed by atoms with E-state index in [1.807, 2.05) is 18.2 Å². The van der Waals surface area contributed by atoms with Gasteiger partial charge in [-0.3, -0.25) is 4.90 Å². The number of halogens is 1. The number of para-hydroxylation sites is 2. The molecule has 0 aromatic heterocycles. The number of piperidine rings is 1. The van der Waals surface area contributed by atoms with Gasteiger partial charge in [0.2, 0.25) is 0 Å². The van der Waals surface area contributed by atoms with Crippen LogP contribution in [0.4, 0.5) is 16.2 Å². The van der Waals surface area contributed by atoms with Crippen molar-refractivity contribution in [2.75, 3.05) is 18.0 Å². The topological polar surface area (TPSA) is 47.0 Å². The molecule has 1 aliphatic heterocycles. The van der Waals surface area contributed by atoms with Crippen LogP contribution in [-0.2, 0) is 13.1 Å². The second-order valence-electron chi connectivity index (χ2n) is 12.4. The third-order valence-corrected chi connectivity index (χ3v) is 10.3. The molecule has 2 unspecified atom stereocenters. The summed E-state index contributed by atoms with van der Waals surface area (Å²) < 4.78 is 0. The molecule has 1 amide bonds. The van der Waals surface area contributed by atoms with Crippen LogP contribution in [0.15, 0.2) is 149 Å². The number of amides is 1. The Morgan fingerprint density at radius 1 is 0.771 bits per heavy atom. The van der Waals surface area contributed by atoms with E-state index in [0.717, 1.165) is 71.5 Å². The fourth-order valence-corrected chi connectivity index (χ4v) is 7.81. The number of benzene rings is 5. The van der Waals surface area contributed by atoms with Crippen molar-refractivity contribution in [2.24, 2.45) is 0 Å². The van der Waals surface area contributed by atoms with Gasteiger partial charge in [0.05, 0.1) is 5.69 Å². The molecular formula is C41H42ClN3O2S. The van der Waals surface area contributed by atoms with Crippen LogP contribution in [0.25, 0.3) is 0 Å². The number of rotatable bonds is 13. The van der Waals surface area contributed by atoms with Gasteiger partial charge >= 0.3 is 6.09 Å². The summed E-state index contributed by atoms with van der Waals surface area (Å²) in [6, 6.07) is 48.3. The average molecular weight is 676 g/mol. The van der Waals surface area contributed by atoms with Crippen LogP contribution in [-0.4, -0.2) is 46.2 Å². The van der Waals surface area contributed by atoms with Crippen molar-refractivity contribution in [3.63, 3.8) is 0 Å². The van der Waals surface area contributed by atoms with Crippen molar-refractivity contribution < 1.29 is 9.90 Å². The van der Waals surface area contributed by atoms with Gasteiger partial charge in [0, 0.05) is 52.2 Å². The lowest BCUT2D eigenvalue weighted by atomic mass is 9.92. The van der Waals surface area contributed by atoms with E-state index in [4.69, 9.17) is 11.6 Å². The maximum atomic E-state index is 12.5. The summed E-state index contributed by atoms with van der Waals surface area (Å²) >= 11 is 7.91. The zero-order chi connectivity index (χ0) is 33.1. The predicted octanol–water partition coefficient (Wildman–Crippen LogP) is 10.6. The second kappa shape index (κ2) is 16.7. The summed E-state index contributed by atoms with van der Waals surface area (Å²) in [6.45, 7) is 3.12. The van der Waals surface area contributed by atoms with Gasteiger partial charge in [0.25, 0.3) is 0 Å². The molecule has 1 N–H and O–H groups in total. The first-order valence-electron chi connectivity index (χ1n) is 16.7. The van der Waals surface area contributed by atoms with Crippen LogP contribution >= 0.6 is 23.4 Å². The number of hydrogen-bond donors (Lipinski definition) is 1. The lowest BCUT2D eigenvalue weighted by Gasteiger charge is -2.44. The largest absolute Gasteiger partial charge is 0.465 e. The number of likely N-dealkylation sites (tertiary alicyclic amines) is 1. The highest BCUT2D eigenvalue weighted by molar-refractivity contribution is 7.99. The van der Waals surface area contributed by atoms with Crippen molar-refractivity contribution in [2.45, 2.75) is 60.6 Å². The summed E-state index contributed by atoms with van der Waals surface area (Å²) in [5.41, 5.74) is 4.82. The Labute approximate surface area is 293 Å². The minimum absolute atomic E-state index is 0.0705. The Morgan fingerprint density at radius 2 is 1.35 bits per heavy atom. The highest BCUT2D eigenvalue weighted by atomic mass is 35.5. The Bertz CT molecular complexity index is 1680. The molecule has 6 rings (SSSR count). The van der Waals surface area contributed by atoms with Crippen molar-refractivity contribution in [1.29, 1.82) is 0 Å². The van der Waals surface area contributed by atoms with Crippen LogP contribution in [0.5, 0.6) is 0 Å². The number of hydrogen-bond acceptors (Lipinski definition) is 4. The zero-order valence-corrected chi connectivity index (χ0v) is 28.6. The molecule has 0 saturated carbocycles. The summed E-state index contributed by atoms with van der Waals surface area (Å²) in [7, 11) is 0. The Morgan fingerprint density at radius 3 is 1.98 bits per heavy atom. The highest BCUT2D eigenvalue weighted by Crippen LogP contribution is 2.42. The van der Waals surface area contributed by atoms with Crippen LogP contribution in [0, 0.1) is 0 Å². The summed E-state index contributed by atoms with van der Waals surface area (Å²) in [5, 5.41) is 11.0. The minimum atomic E-state index is -0.825. The quantitative estimate of drug-likeness (QED) is 0.135. The smallest absolute Gasteiger partial charge is 0.407 e. The molecule has 5 nitrogen and oxygen atoms in total. The van der Waals surface area contributed by atoms with Gasteiger partial charge in [-0.25, -0.2) is 4.79 Å². The van der Waals surface area contributed by atoms with Crippen LogP contribution in [0.2, 0.25) is 5.02 Å². The summed E-state index contributed by atoms with van der Waals surface area (Å²) in [6.07, 6.45) is 2.42. The second-order valence-corrected chi connectivity index (χ2v) is 13.9. The van der Waals surface area contributed by atoms with Crippen LogP contribution in [0.3, 0.4) is 0 Å². The highest BCUT2D eigenvalue weighted by Gasteiger charge is 2.35. The van der Waals surface area contributed by atoms with Gasteiger partial charge in [0.1, 0.15) is 0 Å². The zero-order valence-electron chi connectivity index (χ0n) is 27.1. The van der Waals surface area contributed by atoms with Crippen molar-refractivity contribution in [3.8, 4) is 0 Å². The van der Waals surface area contributed by atoms with Gasteiger partial charge in [-0.2, -0.15) is 0 Å². The predicted molar refractivity (Wildman–Crippen MR) is 198 cm³/mol. The van der Waals surface area contributed by atoms with Gasteiger partial charge < -0.3 is 14.9 Å². The van der Waals surface area contributed by atoms with Gasteiger partial charge in [-0.15, -0.1) is 0 Å². The molecule has 0 aliphatic carbocycles. The first-order valence-corrected chi connectivity index (χ1v) is 17.9. The third-order valence-electron chi connectivity index (χ3n) is 9.01. The molecule has 7 heteroatoms. The normalized spacial score (nSPS) is 16.2. The Hall–Kier alpha value is -4.23. The number of nitrogens with zero attached hydrogens (tertiary/aromatic N) is 3. The summed E-state index contributed by atoms with van der Waals surface area (Å²) in [4.78, 5) is 21.4. The molecule has 0 bridgehead atoms. The number of carboxylic acid groups (broad SMARTS) is 1. The summed E-state index contributed by atoms with van der Waals surface area (Å²) in [5.74, 6) is 0. The molecule has 0 radical (unpaired) electrons. The van der Waals surface area contributed by atoms with E-state index in [2.05, 4.69) is 131 Å². The Balaban J connectivity index is 1.22. The van der Waals surface area contributed by atoms with Gasteiger partial charge in [0.15, 0.2) is 0 Å². The van der Waals surface area contributed by atoms with Crippen molar-refractivity contribution >= 4 is 40.8 Å². The minimum Gasteiger partial charge on any atom is -0.465 e. The first kappa shape index (κ1) is 33.7. The van der Waals surface area contributed by atoms with Crippen LogP contribution in [0.1, 0.15) is 36.8 Å². The molecule has 1 fully saturated rings. The van der Waals surface area contributed by atoms with E-state index in [9.17, 15) is 9.90 Å². The standard InChI is InChI=1S/C41H42ClN3O2S/c42-34-22-24-38(25-23-34)48-40-21-11-10-20-39(40)45(35-17-8-3-9-18-35)37-26-28-44(41(46)47)36(29-37)19-12-27-43(30-32-13-4-1-5-14-32)31-33-15-6-2-7-16-33/h1-11,13-18,20-25,36-37H,12,19,26-31H2,(H,46,47). The van der Waals surface area contributed by atoms with E-state index in [0.29, 0.717) is 6.54 Å². The molecule has 48 heavy (non-hydrogen) atoms. The van der Waals surface area contributed by atoms with Crippen molar-refractivity contribution in [1.82, 2.24) is 9.80 Å². The lowest BCUT2D eigenvalue weighted by Crippen LogP contribution is -2.51. The molecule has 1 heterocycles. The van der Waals surface area contributed by atoms with E-state index < -0.39 is 6.09 Å². The maximum absolute atomic E-state index is 12.5. The molecule has 5 aromatic carbocycles. The van der Waals surface area contributed by atoms with E-state index in [-0.39, 0.29) is 12.1 Å². The fourth-order valence-electron chi connectivity index (χ4n) is 6.74. The third kappa shape index (κ3) is 9.01. The van der Waals surface area contributed by atoms with E-state index >= 15 is 0 Å². The molecule has 1 saturated heterocycles. The molecule has 5 aromatic rings. The van der Waals surface area contributed by atoms with Gasteiger partial charge in [-0.05, 0) is 91.9 Å². The monoisotopic (exact) mass is 675 g/mol. The van der Waals surface area contributed by atoms with Gasteiger partial charge in [-0.1, -0.05) is 114 Å². The molecular weight excluding hydrogens is 634 g/mol. The lowest BCUT2D eigenvalue weighted by molar-refractivity contribution is 0.0951. The average Bonchev–Trinajstić information content (AvgIpc) is 3.11. The fraction of sp³-hybridized carbons (Fsp3) is 0.244. The molecule has 1 aliphatic rings. The maximum Gasteiger partial charge on any atom is 0.407 e. The first-order chi connectivity index (χ1) is 23.5. The van der Waals surface area contributed by atoms with E-state index in [1.165, 1.54) is 11.1 Å². The number of carbonyl (C=O) groups is 1. The molecule has 246 valence electrons. The molecule has 2 atom stereocenters. The van der Waals surface area contributed by atoms with E-state index in [1.54, 1.807) is 16.7 Å². The van der Waals surface area contributed by atoms with Crippen LogP contribution < -0.4 is 4.90 Å². The van der Waals surface area contributed by atoms with Crippen molar-refractivity contribution in [3.05, 3.63) is 156 Å². The molecule has 0 spiro atoms.